The van der Waals surface area contributed by atoms with Crippen LogP contribution < -0.4 is 5.32 Å². The first-order valence-corrected chi connectivity index (χ1v) is 4.83. The summed E-state index contributed by atoms with van der Waals surface area (Å²) in [6.45, 7) is -0.391. The largest absolute Gasteiger partial charge is 0.417 e. The minimum Gasteiger partial charge on any atom is -0.387 e. The average molecular weight is 248 g/mol. The molecule has 0 aliphatic carbocycles. The fourth-order valence-electron chi connectivity index (χ4n) is 1.13. The molecule has 4 nitrogen and oxygen atoms in total. The summed E-state index contributed by atoms with van der Waals surface area (Å²) in [5.74, 6) is -0.531. The van der Waals surface area contributed by atoms with Gasteiger partial charge < -0.3 is 10.4 Å². The highest BCUT2D eigenvalue weighted by Gasteiger charge is 2.30. The number of amides is 1. The molecule has 7 heteroatoms. The highest BCUT2D eigenvalue weighted by atomic mass is 19.4. The van der Waals surface area contributed by atoms with Crippen LogP contribution in [-0.4, -0.2) is 29.1 Å². The van der Waals surface area contributed by atoms with Gasteiger partial charge in [0.1, 0.15) is 6.61 Å². The van der Waals surface area contributed by atoms with Crippen LogP contribution in [0.3, 0.4) is 0 Å². The van der Waals surface area contributed by atoms with Crippen LogP contribution in [0.1, 0.15) is 11.3 Å². The molecule has 0 aromatic carbocycles. The number of carbonyl (C=O) groups is 1. The van der Waals surface area contributed by atoms with Crippen molar-refractivity contribution in [3.05, 3.63) is 29.6 Å². The fourth-order valence-corrected chi connectivity index (χ4v) is 1.13. The highest BCUT2D eigenvalue weighted by molar-refractivity contribution is 5.76. The molecule has 17 heavy (non-hydrogen) atoms. The van der Waals surface area contributed by atoms with Crippen LogP contribution in [0.4, 0.5) is 13.2 Å². The predicted molar refractivity (Wildman–Crippen MR) is 53.0 cm³/mol. The van der Waals surface area contributed by atoms with Gasteiger partial charge in [0.15, 0.2) is 0 Å². The van der Waals surface area contributed by atoms with Crippen LogP contribution in [0, 0.1) is 0 Å². The monoisotopic (exact) mass is 248 g/mol. The summed E-state index contributed by atoms with van der Waals surface area (Å²) in [7, 11) is 0. The zero-order valence-electron chi connectivity index (χ0n) is 8.79. The molecule has 1 rings (SSSR count). The number of nitrogens with one attached hydrogen (secondary N) is 1. The molecule has 1 aromatic heterocycles. The lowest BCUT2D eigenvalue weighted by Gasteiger charge is -2.07. The first kappa shape index (κ1) is 13.4. The number of halogens is 3. The molecule has 0 radical (unpaired) electrons. The first-order valence-electron chi connectivity index (χ1n) is 4.83. The number of aliphatic hydroxyl groups excluding tert-OH is 1. The van der Waals surface area contributed by atoms with E-state index in [1.165, 1.54) is 6.07 Å². The lowest BCUT2D eigenvalue weighted by atomic mass is 10.2. The SMILES string of the molecule is O=C(CO)NCCc1ccc(C(F)(F)F)cn1. The molecule has 0 fully saturated rings. The molecule has 0 saturated heterocycles. The number of nitrogens with zero attached hydrogens (tertiary/aromatic N) is 1. The smallest absolute Gasteiger partial charge is 0.387 e. The van der Waals surface area contributed by atoms with Gasteiger partial charge in [-0.25, -0.2) is 0 Å². The van der Waals surface area contributed by atoms with Gasteiger partial charge in [0.05, 0.1) is 5.56 Å². The zero-order valence-corrected chi connectivity index (χ0v) is 8.79. The van der Waals surface area contributed by atoms with Crippen molar-refractivity contribution in [3.8, 4) is 0 Å². The molecular formula is C10H11F3N2O2. The van der Waals surface area contributed by atoms with Crippen molar-refractivity contribution in [1.82, 2.24) is 10.3 Å². The highest BCUT2D eigenvalue weighted by Crippen LogP contribution is 2.28. The molecule has 0 bridgehead atoms. The van der Waals surface area contributed by atoms with E-state index in [-0.39, 0.29) is 6.54 Å². The van der Waals surface area contributed by atoms with Gasteiger partial charge in [-0.05, 0) is 12.1 Å². The van der Waals surface area contributed by atoms with Crippen molar-refractivity contribution in [3.63, 3.8) is 0 Å². The Kier molecular flexibility index (Phi) is 4.45. The van der Waals surface area contributed by atoms with E-state index < -0.39 is 24.3 Å². The second-order valence-electron chi connectivity index (χ2n) is 3.29. The van der Waals surface area contributed by atoms with Crippen LogP contribution in [0.2, 0.25) is 0 Å². The van der Waals surface area contributed by atoms with E-state index in [1.54, 1.807) is 0 Å². The topological polar surface area (TPSA) is 62.2 Å². The number of hydrogen-bond acceptors (Lipinski definition) is 3. The summed E-state index contributed by atoms with van der Waals surface area (Å²) in [6.07, 6.45) is -3.33. The van der Waals surface area contributed by atoms with Gasteiger partial charge in [-0.15, -0.1) is 0 Å². The van der Waals surface area contributed by atoms with E-state index in [0.717, 1.165) is 12.3 Å². The third-order valence-electron chi connectivity index (χ3n) is 2.00. The molecule has 94 valence electrons. The van der Waals surface area contributed by atoms with E-state index in [0.29, 0.717) is 12.1 Å². The number of aromatic nitrogens is 1. The van der Waals surface area contributed by atoms with Crippen molar-refractivity contribution >= 4 is 5.91 Å². The standard InChI is InChI=1S/C10H11F3N2O2/c11-10(12,13)7-1-2-8(15-5-7)3-4-14-9(17)6-16/h1-2,5,16H,3-4,6H2,(H,14,17). The first-order chi connectivity index (χ1) is 7.93. The Balaban J connectivity index is 2.49. The number of pyridine rings is 1. The van der Waals surface area contributed by atoms with Gasteiger partial charge >= 0.3 is 6.18 Å². The van der Waals surface area contributed by atoms with E-state index >= 15 is 0 Å². The minimum absolute atomic E-state index is 0.220. The molecule has 0 atom stereocenters. The quantitative estimate of drug-likeness (QED) is 0.826. The van der Waals surface area contributed by atoms with Crippen LogP contribution >= 0.6 is 0 Å². The van der Waals surface area contributed by atoms with Crippen molar-refractivity contribution in [2.24, 2.45) is 0 Å². The Labute approximate surface area is 95.5 Å². The zero-order chi connectivity index (χ0) is 12.9. The molecule has 0 spiro atoms. The predicted octanol–water partition coefficient (Wildman–Crippen LogP) is 0.751. The Morgan fingerprint density at radius 3 is 2.59 bits per heavy atom. The Morgan fingerprint density at radius 2 is 2.12 bits per heavy atom. The molecule has 1 aromatic rings. The van der Waals surface area contributed by atoms with E-state index in [2.05, 4.69) is 10.3 Å². The molecule has 0 aliphatic rings. The molecule has 0 aliphatic heterocycles. The third-order valence-corrected chi connectivity index (χ3v) is 2.00. The fraction of sp³-hybridized carbons (Fsp3) is 0.400. The summed E-state index contributed by atoms with van der Waals surface area (Å²) in [4.78, 5) is 14.3. The number of hydrogen-bond donors (Lipinski definition) is 2. The molecule has 0 saturated carbocycles. The second kappa shape index (κ2) is 5.62. The summed E-state index contributed by atoms with van der Waals surface area (Å²) in [5.41, 5.74) is -0.364. The summed E-state index contributed by atoms with van der Waals surface area (Å²) in [5, 5.41) is 10.8. The van der Waals surface area contributed by atoms with Gasteiger partial charge in [0.2, 0.25) is 5.91 Å². The van der Waals surface area contributed by atoms with Gasteiger partial charge in [0, 0.05) is 24.9 Å². The Bertz CT molecular complexity index is 376. The van der Waals surface area contributed by atoms with Gasteiger partial charge in [0.25, 0.3) is 0 Å². The maximum atomic E-state index is 12.2. The maximum Gasteiger partial charge on any atom is 0.417 e. The van der Waals surface area contributed by atoms with Crippen LogP contribution in [0.5, 0.6) is 0 Å². The second-order valence-corrected chi connectivity index (χ2v) is 3.29. The maximum absolute atomic E-state index is 12.2. The average Bonchev–Trinajstić information content (AvgIpc) is 2.28. The van der Waals surface area contributed by atoms with Crippen molar-refractivity contribution in [2.45, 2.75) is 12.6 Å². The number of aliphatic hydroxyl groups is 1. The molecular weight excluding hydrogens is 237 g/mol. The molecule has 0 unspecified atom stereocenters. The molecule has 1 amide bonds. The lowest BCUT2D eigenvalue weighted by molar-refractivity contribution is -0.137. The number of rotatable bonds is 4. The number of carbonyl (C=O) groups excluding carboxylic acids is 1. The van der Waals surface area contributed by atoms with Crippen LogP contribution in [0.25, 0.3) is 0 Å². The summed E-state index contributed by atoms with van der Waals surface area (Å²) in [6, 6.07) is 2.20. The van der Waals surface area contributed by atoms with Crippen molar-refractivity contribution in [1.29, 1.82) is 0 Å². The molecule has 1 heterocycles. The Hall–Kier alpha value is -1.63. The van der Waals surface area contributed by atoms with Gasteiger partial charge in [-0.1, -0.05) is 0 Å². The third kappa shape index (κ3) is 4.39. The Morgan fingerprint density at radius 1 is 1.41 bits per heavy atom. The van der Waals surface area contributed by atoms with E-state index in [4.69, 9.17) is 5.11 Å². The minimum atomic E-state index is -4.39. The molecule has 2 N–H and O–H groups in total. The number of alkyl halides is 3. The summed E-state index contributed by atoms with van der Waals surface area (Å²) < 4.78 is 36.6. The van der Waals surface area contributed by atoms with Crippen molar-refractivity contribution < 1.29 is 23.1 Å². The lowest BCUT2D eigenvalue weighted by Crippen LogP contribution is -2.28. The van der Waals surface area contributed by atoms with E-state index in [1.807, 2.05) is 0 Å². The normalized spacial score (nSPS) is 11.3. The van der Waals surface area contributed by atoms with Gasteiger partial charge in [-0.3, -0.25) is 9.78 Å². The summed E-state index contributed by atoms with van der Waals surface area (Å²) >= 11 is 0. The van der Waals surface area contributed by atoms with Crippen molar-refractivity contribution in [2.75, 3.05) is 13.2 Å². The van der Waals surface area contributed by atoms with Crippen LogP contribution in [-0.2, 0) is 17.4 Å². The van der Waals surface area contributed by atoms with Crippen LogP contribution in [0.15, 0.2) is 18.3 Å². The van der Waals surface area contributed by atoms with E-state index in [9.17, 15) is 18.0 Å². The van der Waals surface area contributed by atoms with Gasteiger partial charge in [-0.2, -0.15) is 13.2 Å².